The van der Waals surface area contributed by atoms with Crippen molar-refractivity contribution in [1.29, 1.82) is 0 Å². The molecule has 2 N–H and O–H groups in total. The van der Waals surface area contributed by atoms with Crippen LogP contribution in [-0.2, 0) is 9.53 Å². The van der Waals surface area contributed by atoms with E-state index in [-0.39, 0.29) is 18.1 Å². The van der Waals surface area contributed by atoms with E-state index in [1.54, 1.807) is 0 Å². The largest absolute Gasteiger partial charge is 0.391 e. The molecule has 1 heterocycles. The number of amides is 1. The first-order valence-corrected chi connectivity index (χ1v) is 6.25. The van der Waals surface area contributed by atoms with Gasteiger partial charge in [-0.1, -0.05) is 12.8 Å². The third kappa shape index (κ3) is 2.38. The van der Waals surface area contributed by atoms with Crippen LogP contribution in [0.15, 0.2) is 0 Å². The Morgan fingerprint density at radius 1 is 1.38 bits per heavy atom. The van der Waals surface area contributed by atoms with Crippen LogP contribution in [0, 0.1) is 0 Å². The summed E-state index contributed by atoms with van der Waals surface area (Å²) in [7, 11) is 0. The van der Waals surface area contributed by atoms with Crippen molar-refractivity contribution in [3.8, 4) is 0 Å². The lowest BCUT2D eigenvalue weighted by Crippen LogP contribution is -2.52. The molecule has 3 atom stereocenters. The van der Waals surface area contributed by atoms with E-state index in [0.29, 0.717) is 6.61 Å². The van der Waals surface area contributed by atoms with Crippen molar-refractivity contribution >= 4 is 5.91 Å². The van der Waals surface area contributed by atoms with Gasteiger partial charge in [0.1, 0.15) is 5.60 Å². The van der Waals surface area contributed by atoms with Gasteiger partial charge in [-0.3, -0.25) is 4.79 Å². The number of aliphatic hydroxyl groups is 1. The smallest absolute Gasteiger partial charge is 0.252 e. The van der Waals surface area contributed by atoms with Crippen LogP contribution >= 0.6 is 0 Å². The van der Waals surface area contributed by atoms with Crippen LogP contribution in [0.3, 0.4) is 0 Å². The minimum absolute atomic E-state index is 0.0593. The number of hydrogen-bond donors (Lipinski definition) is 2. The fraction of sp³-hybridized carbons (Fsp3) is 0.917. The average molecular weight is 227 g/mol. The summed E-state index contributed by atoms with van der Waals surface area (Å²) in [5.74, 6) is -0.0593. The van der Waals surface area contributed by atoms with E-state index < -0.39 is 5.60 Å². The molecule has 0 aromatic carbocycles. The van der Waals surface area contributed by atoms with Gasteiger partial charge in [0.15, 0.2) is 0 Å². The number of carbonyl (C=O) groups is 1. The molecule has 0 aromatic heterocycles. The molecule has 1 saturated carbocycles. The molecule has 2 fully saturated rings. The molecule has 1 aliphatic heterocycles. The highest BCUT2D eigenvalue weighted by Crippen LogP contribution is 2.26. The maximum absolute atomic E-state index is 12.0. The Bertz CT molecular complexity index is 261. The van der Waals surface area contributed by atoms with Crippen molar-refractivity contribution in [2.75, 3.05) is 6.61 Å². The van der Waals surface area contributed by atoms with Gasteiger partial charge in [0.25, 0.3) is 5.91 Å². The van der Waals surface area contributed by atoms with Crippen molar-refractivity contribution in [2.24, 2.45) is 0 Å². The molecule has 2 rings (SSSR count). The van der Waals surface area contributed by atoms with Crippen molar-refractivity contribution in [2.45, 2.75) is 63.2 Å². The van der Waals surface area contributed by atoms with E-state index in [0.717, 1.165) is 38.5 Å². The second kappa shape index (κ2) is 4.72. The highest BCUT2D eigenvalue weighted by atomic mass is 16.5. The van der Waals surface area contributed by atoms with Crippen molar-refractivity contribution in [3.63, 3.8) is 0 Å². The van der Waals surface area contributed by atoms with Crippen molar-refractivity contribution < 1.29 is 14.6 Å². The third-order valence-corrected chi connectivity index (χ3v) is 3.75. The summed E-state index contributed by atoms with van der Waals surface area (Å²) in [5.41, 5.74) is -0.669. The monoisotopic (exact) mass is 227 g/mol. The van der Waals surface area contributed by atoms with Crippen LogP contribution in [0.2, 0.25) is 0 Å². The Kier molecular flexibility index (Phi) is 3.50. The Morgan fingerprint density at radius 3 is 2.75 bits per heavy atom. The van der Waals surface area contributed by atoms with E-state index in [2.05, 4.69) is 5.32 Å². The Hall–Kier alpha value is -0.610. The molecule has 4 nitrogen and oxygen atoms in total. The number of carbonyl (C=O) groups excluding carboxylic acids is 1. The fourth-order valence-corrected chi connectivity index (χ4v) is 2.56. The highest BCUT2D eigenvalue weighted by molar-refractivity contribution is 5.85. The molecule has 0 radical (unpaired) electrons. The maximum Gasteiger partial charge on any atom is 0.252 e. The van der Waals surface area contributed by atoms with Gasteiger partial charge in [-0.2, -0.15) is 0 Å². The minimum Gasteiger partial charge on any atom is -0.391 e. The van der Waals surface area contributed by atoms with Crippen LogP contribution in [0.4, 0.5) is 0 Å². The summed E-state index contributed by atoms with van der Waals surface area (Å²) >= 11 is 0. The van der Waals surface area contributed by atoms with Crippen LogP contribution in [0.25, 0.3) is 0 Å². The summed E-state index contributed by atoms with van der Waals surface area (Å²) in [6, 6.07) is -0.0812. The van der Waals surface area contributed by atoms with E-state index in [1.165, 1.54) is 0 Å². The lowest BCUT2D eigenvalue weighted by Gasteiger charge is -2.31. The second-order valence-electron chi connectivity index (χ2n) is 5.11. The lowest BCUT2D eigenvalue weighted by atomic mass is 9.91. The van der Waals surface area contributed by atoms with Gasteiger partial charge in [0.05, 0.1) is 12.1 Å². The van der Waals surface area contributed by atoms with Gasteiger partial charge in [0.2, 0.25) is 0 Å². The maximum atomic E-state index is 12.0. The van der Waals surface area contributed by atoms with Gasteiger partial charge in [-0.25, -0.2) is 0 Å². The first-order chi connectivity index (χ1) is 7.62. The number of nitrogens with one attached hydrogen (secondary N) is 1. The fourth-order valence-electron chi connectivity index (χ4n) is 2.56. The highest BCUT2D eigenvalue weighted by Gasteiger charge is 2.39. The van der Waals surface area contributed by atoms with Gasteiger partial charge < -0.3 is 15.2 Å². The van der Waals surface area contributed by atoms with E-state index in [9.17, 15) is 9.90 Å². The van der Waals surface area contributed by atoms with Crippen LogP contribution in [0.1, 0.15) is 45.4 Å². The normalized spacial score (nSPS) is 39.6. The van der Waals surface area contributed by atoms with E-state index in [1.807, 2.05) is 6.92 Å². The molecule has 1 aliphatic carbocycles. The first kappa shape index (κ1) is 11.9. The first-order valence-electron chi connectivity index (χ1n) is 6.25. The molecule has 0 spiro atoms. The Morgan fingerprint density at radius 2 is 2.12 bits per heavy atom. The van der Waals surface area contributed by atoms with Crippen LogP contribution in [0.5, 0.6) is 0 Å². The van der Waals surface area contributed by atoms with Gasteiger partial charge in [-0.15, -0.1) is 0 Å². The van der Waals surface area contributed by atoms with E-state index >= 15 is 0 Å². The molecular formula is C12H21NO3. The molecule has 2 aliphatic rings. The summed E-state index contributed by atoms with van der Waals surface area (Å²) in [6.07, 6.45) is 5.15. The summed E-state index contributed by atoms with van der Waals surface area (Å²) in [4.78, 5) is 12.0. The Balaban J connectivity index is 1.90. The molecule has 1 saturated heterocycles. The van der Waals surface area contributed by atoms with Crippen LogP contribution < -0.4 is 5.32 Å². The molecule has 0 bridgehead atoms. The number of hydrogen-bond acceptors (Lipinski definition) is 3. The molecular weight excluding hydrogens is 206 g/mol. The number of aliphatic hydroxyl groups excluding tert-OH is 1. The van der Waals surface area contributed by atoms with Crippen molar-refractivity contribution in [3.05, 3.63) is 0 Å². The quantitative estimate of drug-likeness (QED) is 0.739. The standard InChI is InChI=1S/C12H21NO3/c1-12(7-4-8-16-12)11(15)13-9-5-2-3-6-10(9)14/h9-10,14H,2-8H2,1H3,(H,13,15)/t9-,10-,12?/m1/s1. The zero-order valence-corrected chi connectivity index (χ0v) is 9.87. The molecule has 4 heteroatoms. The summed E-state index contributed by atoms with van der Waals surface area (Å²) < 4.78 is 5.49. The van der Waals surface area contributed by atoms with Gasteiger partial charge >= 0.3 is 0 Å². The zero-order valence-electron chi connectivity index (χ0n) is 9.87. The van der Waals surface area contributed by atoms with Gasteiger partial charge in [-0.05, 0) is 32.6 Å². The zero-order chi connectivity index (χ0) is 11.6. The summed E-state index contributed by atoms with van der Waals surface area (Å²) in [5, 5.41) is 12.7. The third-order valence-electron chi connectivity index (χ3n) is 3.75. The molecule has 1 amide bonds. The van der Waals surface area contributed by atoms with E-state index in [4.69, 9.17) is 4.74 Å². The Labute approximate surface area is 96.4 Å². The molecule has 0 aromatic rings. The number of ether oxygens (including phenoxy) is 1. The molecule has 16 heavy (non-hydrogen) atoms. The average Bonchev–Trinajstić information content (AvgIpc) is 2.70. The predicted molar refractivity (Wildman–Crippen MR) is 60.0 cm³/mol. The summed E-state index contributed by atoms with van der Waals surface area (Å²) in [6.45, 7) is 2.50. The molecule has 92 valence electrons. The second-order valence-corrected chi connectivity index (χ2v) is 5.11. The van der Waals surface area contributed by atoms with Crippen molar-refractivity contribution in [1.82, 2.24) is 5.32 Å². The van der Waals surface area contributed by atoms with Crippen LogP contribution in [-0.4, -0.2) is 35.4 Å². The number of rotatable bonds is 2. The minimum atomic E-state index is -0.669. The predicted octanol–water partition coefficient (Wildman–Crippen LogP) is 0.975. The van der Waals surface area contributed by atoms with Gasteiger partial charge in [0, 0.05) is 6.61 Å². The lowest BCUT2D eigenvalue weighted by molar-refractivity contribution is -0.141. The molecule has 1 unspecified atom stereocenters. The topological polar surface area (TPSA) is 58.6 Å². The SMILES string of the molecule is CC1(C(=O)N[C@@H]2CCCC[C@H]2O)CCCO1.